The molecular weight excluding hydrogens is 246 g/mol. The number of hydrogen-bond donors (Lipinski definition) is 1. The zero-order valence-electron chi connectivity index (χ0n) is 11.9. The van der Waals surface area contributed by atoms with Gasteiger partial charge in [-0.1, -0.05) is 60.7 Å². The average molecular weight is 267 g/mol. The van der Waals surface area contributed by atoms with Crippen LogP contribution in [0.1, 0.15) is 24.5 Å². The Morgan fingerprint density at radius 3 is 2.10 bits per heavy atom. The van der Waals surface area contributed by atoms with Crippen molar-refractivity contribution < 1.29 is 4.79 Å². The molecule has 0 bridgehead atoms. The van der Waals surface area contributed by atoms with Gasteiger partial charge < -0.3 is 5.32 Å². The molecule has 0 aliphatic carbocycles. The Bertz CT molecular complexity index is 522. The summed E-state index contributed by atoms with van der Waals surface area (Å²) in [7, 11) is 0. The lowest BCUT2D eigenvalue weighted by atomic mass is 10.1. The third-order valence-corrected chi connectivity index (χ3v) is 3.28. The van der Waals surface area contributed by atoms with Gasteiger partial charge in [0.05, 0.1) is 0 Å². The van der Waals surface area contributed by atoms with E-state index in [-0.39, 0.29) is 11.9 Å². The molecule has 0 saturated carbocycles. The Labute approximate surface area is 120 Å². The largest absolute Gasteiger partial charge is 0.353 e. The van der Waals surface area contributed by atoms with Gasteiger partial charge in [0.2, 0.25) is 5.91 Å². The quantitative estimate of drug-likeness (QED) is 0.854. The SMILES string of the molecule is CC(Cc1ccccc1)NC(=O)CCc1ccccc1. The zero-order chi connectivity index (χ0) is 14.2. The fourth-order valence-electron chi connectivity index (χ4n) is 2.27. The molecule has 0 aliphatic heterocycles. The molecule has 2 nitrogen and oxygen atoms in total. The minimum atomic E-state index is 0.122. The smallest absolute Gasteiger partial charge is 0.220 e. The summed E-state index contributed by atoms with van der Waals surface area (Å²) < 4.78 is 0. The number of hydrogen-bond acceptors (Lipinski definition) is 1. The van der Waals surface area contributed by atoms with Gasteiger partial charge in [-0.2, -0.15) is 0 Å². The Morgan fingerprint density at radius 2 is 1.50 bits per heavy atom. The van der Waals surface area contributed by atoms with Crippen molar-refractivity contribution >= 4 is 5.91 Å². The van der Waals surface area contributed by atoms with Crippen molar-refractivity contribution in [3.8, 4) is 0 Å². The van der Waals surface area contributed by atoms with Crippen molar-refractivity contribution in [2.75, 3.05) is 0 Å². The summed E-state index contributed by atoms with van der Waals surface area (Å²) in [6.07, 6.45) is 2.21. The van der Waals surface area contributed by atoms with E-state index in [2.05, 4.69) is 29.6 Å². The normalized spacial score (nSPS) is 11.8. The van der Waals surface area contributed by atoms with E-state index in [0.29, 0.717) is 6.42 Å². The molecule has 104 valence electrons. The second kappa shape index (κ2) is 7.49. The monoisotopic (exact) mass is 267 g/mol. The third kappa shape index (κ3) is 4.88. The number of carbonyl (C=O) groups is 1. The van der Waals surface area contributed by atoms with Gasteiger partial charge in [-0.3, -0.25) is 4.79 Å². The molecule has 1 atom stereocenters. The van der Waals surface area contributed by atoms with Gasteiger partial charge in [0.25, 0.3) is 0 Å². The predicted molar refractivity (Wildman–Crippen MR) is 82.5 cm³/mol. The van der Waals surface area contributed by atoms with Gasteiger partial charge in [0.1, 0.15) is 0 Å². The van der Waals surface area contributed by atoms with Gasteiger partial charge in [-0.05, 0) is 30.9 Å². The molecule has 0 aromatic heterocycles. The van der Waals surface area contributed by atoms with Crippen LogP contribution in [-0.2, 0) is 17.6 Å². The van der Waals surface area contributed by atoms with Crippen LogP contribution in [0.3, 0.4) is 0 Å². The number of rotatable bonds is 6. The highest BCUT2D eigenvalue weighted by Gasteiger charge is 2.08. The predicted octanol–water partition coefficient (Wildman–Crippen LogP) is 3.37. The van der Waals surface area contributed by atoms with Crippen LogP contribution in [0.2, 0.25) is 0 Å². The fourth-order valence-corrected chi connectivity index (χ4v) is 2.27. The van der Waals surface area contributed by atoms with E-state index in [1.807, 2.05) is 43.3 Å². The maximum atomic E-state index is 11.9. The number of amides is 1. The summed E-state index contributed by atoms with van der Waals surface area (Å²) in [5.41, 5.74) is 2.46. The first-order valence-electron chi connectivity index (χ1n) is 7.11. The van der Waals surface area contributed by atoms with Crippen LogP contribution in [-0.4, -0.2) is 11.9 Å². The van der Waals surface area contributed by atoms with Crippen molar-refractivity contribution in [1.29, 1.82) is 0 Å². The van der Waals surface area contributed by atoms with Crippen LogP contribution in [0, 0.1) is 0 Å². The molecule has 2 heteroatoms. The highest BCUT2D eigenvalue weighted by Crippen LogP contribution is 2.05. The van der Waals surface area contributed by atoms with E-state index >= 15 is 0 Å². The Balaban J connectivity index is 1.74. The van der Waals surface area contributed by atoms with Crippen LogP contribution < -0.4 is 5.32 Å². The number of nitrogens with one attached hydrogen (secondary N) is 1. The van der Waals surface area contributed by atoms with E-state index in [1.165, 1.54) is 11.1 Å². The summed E-state index contributed by atoms with van der Waals surface area (Å²) in [6.45, 7) is 2.05. The molecule has 2 rings (SSSR count). The van der Waals surface area contributed by atoms with Gasteiger partial charge >= 0.3 is 0 Å². The molecule has 1 amide bonds. The van der Waals surface area contributed by atoms with Gasteiger partial charge in [0, 0.05) is 12.5 Å². The Hall–Kier alpha value is -2.09. The molecule has 0 saturated heterocycles. The molecule has 0 aliphatic rings. The first-order valence-corrected chi connectivity index (χ1v) is 7.11. The molecule has 1 N–H and O–H groups in total. The Morgan fingerprint density at radius 1 is 0.950 bits per heavy atom. The van der Waals surface area contributed by atoms with E-state index in [4.69, 9.17) is 0 Å². The van der Waals surface area contributed by atoms with Crippen molar-refractivity contribution in [3.05, 3.63) is 71.8 Å². The molecule has 1 unspecified atom stereocenters. The number of carbonyl (C=O) groups excluding carboxylic acids is 1. The van der Waals surface area contributed by atoms with Crippen LogP contribution in [0.4, 0.5) is 0 Å². The standard InChI is InChI=1S/C18H21NO/c1-15(14-17-10-6-3-7-11-17)19-18(20)13-12-16-8-4-2-5-9-16/h2-11,15H,12-14H2,1H3,(H,19,20). The summed E-state index contributed by atoms with van der Waals surface area (Å²) in [5.74, 6) is 0.122. The van der Waals surface area contributed by atoms with E-state index in [1.54, 1.807) is 0 Å². The summed E-state index contributed by atoms with van der Waals surface area (Å²) in [6, 6.07) is 20.5. The highest BCUT2D eigenvalue weighted by atomic mass is 16.1. The van der Waals surface area contributed by atoms with Crippen LogP contribution in [0.5, 0.6) is 0 Å². The van der Waals surface area contributed by atoms with Crippen molar-refractivity contribution in [3.63, 3.8) is 0 Å². The Kier molecular flexibility index (Phi) is 5.36. The van der Waals surface area contributed by atoms with Crippen LogP contribution in [0.25, 0.3) is 0 Å². The summed E-state index contributed by atoms with van der Waals surface area (Å²) in [4.78, 5) is 11.9. The van der Waals surface area contributed by atoms with Crippen molar-refractivity contribution in [1.82, 2.24) is 5.32 Å². The zero-order valence-corrected chi connectivity index (χ0v) is 11.9. The highest BCUT2D eigenvalue weighted by molar-refractivity contribution is 5.76. The van der Waals surface area contributed by atoms with Crippen molar-refractivity contribution in [2.45, 2.75) is 32.2 Å². The van der Waals surface area contributed by atoms with E-state index in [9.17, 15) is 4.79 Å². The lowest BCUT2D eigenvalue weighted by molar-refractivity contribution is -0.121. The van der Waals surface area contributed by atoms with Crippen LogP contribution in [0.15, 0.2) is 60.7 Å². The first kappa shape index (κ1) is 14.3. The van der Waals surface area contributed by atoms with Crippen molar-refractivity contribution in [2.24, 2.45) is 0 Å². The minimum Gasteiger partial charge on any atom is -0.353 e. The number of aryl methyl sites for hydroxylation is 1. The maximum Gasteiger partial charge on any atom is 0.220 e. The molecule has 0 radical (unpaired) electrons. The molecule has 0 spiro atoms. The second-order valence-electron chi connectivity index (χ2n) is 5.14. The fraction of sp³-hybridized carbons (Fsp3) is 0.278. The molecule has 2 aromatic rings. The summed E-state index contributed by atoms with van der Waals surface area (Å²) >= 11 is 0. The first-order chi connectivity index (χ1) is 9.74. The molecular formula is C18H21NO. The molecule has 2 aromatic carbocycles. The maximum absolute atomic E-state index is 11.9. The second-order valence-corrected chi connectivity index (χ2v) is 5.14. The minimum absolute atomic E-state index is 0.122. The van der Waals surface area contributed by atoms with Gasteiger partial charge in [-0.25, -0.2) is 0 Å². The summed E-state index contributed by atoms with van der Waals surface area (Å²) in [5, 5.41) is 3.06. The average Bonchev–Trinajstić information content (AvgIpc) is 2.47. The van der Waals surface area contributed by atoms with Gasteiger partial charge in [-0.15, -0.1) is 0 Å². The van der Waals surface area contributed by atoms with Gasteiger partial charge in [0.15, 0.2) is 0 Å². The topological polar surface area (TPSA) is 29.1 Å². The third-order valence-electron chi connectivity index (χ3n) is 3.28. The lowest BCUT2D eigenvalue weighted by Crippen LogP contribution is -2.34. The van der Waals surface area contributed by atoms with E-state index < -0.39 is 0 Å². The van der Waals surface area contributed by atoms with Crippen LogP contribution >= 0.6 is 0 Å². The van der Waals surface area contributed by atoms with E-state index in [0.717, 1.165) is 12.8 Å². The molecule has 20 heavy (non-hydrogen) atoms. The lowest BCUT2D eigenvalue weighted by Gasteiger charge is -2.14. The molecule has 0 fully saturated rings. The number of benzene rings is 2. The molecule has 0 heterocycles.